The van der Waals surface area contributed by atoms with E-state index in [4.69, 9.17) is 4.74 Å². The van der Waals surface area contributed by atoms with Crippen molar-refractivity contribution in [2.24, 2.45) is 5.92 Å². The van der Waals surface area contributed by atoms with E-state index < -0.39 is 5.54 Å². The molecule has 0 saturated heterocycles. The maximum absolute atomic E-state index is 13.8. The molecule has 0 bridgehead atoms. The van der Waals surface area contributed by atoms with Crippen molar-refractivity contribution in [2.75, 3.05) is 7.11 Å². The number of benzene rings is 2. The Morgan fingerprint density at radius 1 is 1.12 bits per heavy atom. The summed E-state index contributed by atoms with van der Waals surface area (Å²) in [5.74, 6) is 1.51. The van der Waals surface area contributed by atoms with E-state index in [0.717, 1.165) is 48.0 Å². The number of imidazole rings is 1. The van der Waals surface area contributed by atoms with E-state index in [2.05, 4.69) is 17.2 Å². The number of amides is 2. The maximum atomic E-state index is 13.8. The number of nitrogens with one attached hydrogen (secondary N) is 1. The van der Waals surface area contributed by atoms with Crippen molar-refractivity contribution >= 4 is 22.8 Å². The zero-order valence-corrected chi connectivity index (χ0v) is 20.1. The van der Waals surface area contributed by atoms with Gasteiger partial charge < -0.3 is 19.5 Å². The van der Waals surface area contributed by atoms with Gasteiger partial charge >= 0.3 is 0 Å². The fourth-order valence-electron chi connectivity index (χ4n) is 5.24. The standard InChI is InChI=1S/C27H32N4O3/c1-18-8-12-20(13-9-18)28-26(33)27(2)17-30-23-7-5-4-6-22(23)29-24(30)25(32)31(27)16-19-10-14-21(34-3)15-11-19/h4-7,10-11,14-15,18,20H,8-9,12-13,16-17H2,1-3H3,(H,28,33). The molecule has 2 aliphatic rings. The van der Waals surface area contributed by atoms with Crippen LogP contribution in [0.2, 0.25) is 0 Å². The molecule has 178 valence electrons. The summed E-state index contributed by atoms with van der Waals surface area (Å²) in [6.07, 6.45) is 4.20. The van der Waals surface area contributed by atoms with Gasteiger partial charge in [0.1, 0.15) is 11.3 Å². The summed E-state index contributed by atoms with van der Waals surface area (Å²) < 4.78 is 7.18. The molecule has 5 rings (SSSR count). The molecule has 1 aromatic heterocycles. The summed E-state index contributed by atoms with van der Waals surface area (Å²) >= 11 is 0. The molecule has 1 N–H and O–H groups in total. The van der Waals surface area contributed by atoms with Crippen LogP contribution >= 0.6 is 0 Å². The number of carbonyl (C=O) groups excluding carboxylic acids is 2. The Balaban J connectivity index is 1.51. The molecule has 7 heteroatoms. The van der Waals surface area contributed by atoms with Crippen molar-refractivity contribution < 1.29 is 14.3 Å². The summed E-state index contributed by atoms with van der Waals surface area (Å²) in [6.45, 7) is 4.83. The monoisotopic (exact) mass is 460 g/mol. The van der Waals surface area contributed by atoms with Gasteiger partial charge in [0.2, 0.25) is 5.91 Å². The van der Waals surface area contributed by atoms with Crippen molar-refractivity contribution in [2.45, 2.75) is 64.2 Å². The minimum absolute atomic E-state index is 0.0997. The van der Waals surface area contributed by atoms with Crippen LogP contribution < -0.4 is 10.1 Å². The molecule has 0 spiro atoms. The molecule has 7 nitrogen and oxygen atoms in total. The molecule has 0 radical (unpaired) electrons. The lowest BCUT2D eigenvalue weighted by Gasteiger charge is -2.44. The molecular weight excluding hydrogens is 428 g/mol. The van der Waals surface area contributed by atoms with E-state index >= 15 is 0 Å². The van der Waals surface area contributed by atoms with Crippen LogP contribution in [0.4, 0.5) is 0 Å². The third kappa shape index (κ3) is 3.93. The zero-order chi connectivity index (χ0) is 23.9. The summed E-state index contributed by atoms with van der Waals surface area (Å²) in [4.78, 5) is 33.9. The van der Waals surface area contributed by atoms with E-state index in [0.29, 0.717) is 24.8 Å². The van der Waals surface area contributed by atoms with Crippen molar-refractivity contribution in [1.29, 1.82) is 0 Å². The first-order valence-corrected chi connectivity index (χ1v) is 12.1. The maximum Gasteiger partial charge on any atom is 0.291 e. The third-order valence-electron chi connectivity index (χ3n) is 7.49. The van der Waals surface area contributed by atoms with Crippen LogP contribution in [0.3, 0.4) is 0 Å². The molecule has 1 fully saturated rings. The number of rotatable bonds is 5. The first kappa shape index (κ1) is 22.4. The molecular formula is C27H32N4O3. The fourth-order valence-corrected chi connectivity index (χ4v) is 5.24. The molecule has 1 saturated carbocycles. The van der Waals surface area contributed by atoms with Crippen LogP contribution in [0.1, 0.15) is 55.7 Å². The number of methoxy groups -OCH3 is 1. The van der Waals surface area contributed by atoms with Gasteiger partial charge in [0, 0.05) is 12.6 Å². The van der Waals surface area contributed by atoms with E-state index in [9.17, 15) is 9.59 Å². The lowest BCUT2D eigenvalue weighted by Crippen LogP contribution is -2.64. The first-order valence-electron chi connectivity index (χ1n) is 12.1. The van der Waals surface area contributed by atoms with Gasteiger partial charge in [-0.25, -0.2) is 4.98 Å². The van der Waals surface area contributed by atoms with E-state index in [-0.39, 0.29) is 17.9 Å². The topological polar surface area (TPSA) is 76.5 Å². The van der Waals surface area contributed by atoms with Crippen LogP contribution in [-0.2, 0) is 17.9 Å². The highest BCUT2D eigenvalue weighted by Gasteiger charge is 2.48. The lowest BCUT2D eigenvalue weighted by molar-refractivity contribution is -0.134. The number of carbonyl (C=O) groups is 2. The minimum Gasteiger partial charge on any atom is -0.497 e. The Kier molecular flexibility index (Phi) is 5.80. The Labute approximate surface area is 200 Å². The molecule has 1 aliphatic carbocycles. The van der Waals surface area contributed by atoms with Gasteiger partial charge in [-0.05, 0) is 68.4 Å². The van der Waals surface area contributed by atoms with Crippen LogP contribution in [0.15, 0.2) is 48.5 Å². The Hall–Kier alpha value is -3.35. The van der Waals surface area contributed by atoms with Crippen molar-refractivity contribution in [3.8, 4) is 5.75 Å². The van der Waals surface area contributed by atoms with Gasteiger partial charge in [-0.1, -0.05) is 31.2 Å². The van der Waals surface area contributed by atoms with Gasteiger partial charge in [-0.3, -0.25) is 9.59 Å². The molecule has 34 heavy (non-hydrogen) atoms. The van der Waals surface area contributed by atoms with Gasteiger partial charge in [-0.2, -0.15) is 0 Å². The Bertz CT molecular complexity index is 1210. The number of ether oxygens (including phenoxy) is 1. The van der Waals surface area contributed by atoms with Gasteiger partial charge in [0.25, 0.3) is 5.91 Å². The normalized spacial score (nSPS) is 24.7. The summed E-state index contributed by atoms with van der Waals surface area (Å²) in [5.41, 5.74) is 1.53. The number of hydrogen-bond donors (Lipinski definition) is 1. The summed E-state index contributed by atoms with van der Waals surface area (Å²) in [5, 5.41) is 3.29. The number of hydrogen-bond acceptors (Lipinski definition) is 4. The second-order valence-electron chi connectivity index (χ2n) is 9.95. The summed E-state index contributed by atoms with van der Waals surface area (Å²) in [7, 11) is 1.63. The molecule has 3 aromatic rings. The minimum atomic E-state index is -1.05. The van der Waals surface area contributed by atoms with Crippen molar-refractivity contribution in [3.63, 3.8) is 0 Å². The molecule has 1 aliphatic heterocycles. The highest BCUT2D eigenvalue weighted by molar-refractivity contribution is 6.01. The molecule has 2 heterocycles. The van der Waals surface area contributed by atoms with Crippen molar-refractivity contribution in [1.82, 2.24) is 19.8 Å². The second kappa shape index (κ2) is 8.78. The third-order valence-corrected chi connectivity index (χ3v) is 7.49. The molecule has 2 aromatic carbocycles. The van der Waals surface area contributed by atoms with Gasteiger partial charge in [-0.15, -0.1) is 0 Å². The van der Waals surface area contributed by atoms with Crippen LogP contribution in [0.5, 0.6) is 5.75 Å². The number of nitrogens with zero attached hydrogens (tertiary/aromatic N) is 3. The number of aromatic nitrogens is 2. The lowest BCUT2D eigenvalue weighted by atomic mass is 9.86. The van der Waals surface area contributed by atoms with Gasteiger partial charge in [0.05, 0.1) is 24.7 Å². The number of fused-ring (bicyclic) bond motifs is 3. The SMILES string of the molecule is COc1ccc(CN2C(=O)c3nc4ccccc4n3CC2(C)C(=O)NC2CCC(C)CC2)cc1. The molecule has 2 amide bonds. The summed E-state index contributed by atoms with van der Waals surface area (Å²) in [6, 6.07) is 15.5. The average Bonchev–Trinajstić information content (AvgIpc) is 3.22. The van der Waals surface area contributed by atoms with Crippen LogP contribution in [0.25, 0.3) is 11.0 Å². The van der Waals surface area contributed by atoms with Crippen LogP contribution in [-0.4, -0.2) is 45.0 Å². The smallest absolute Gasteiger partial charge is 0.291 e. The Morgan fingerprint density at radius 2 is 1.82 bits per heavy atom. The highest BCUT2D eigenvalue weighted by atomic mass is 16.5. The molecule has 1 unspecified atom stereocenters. The predicted molar refractivity (Wildman–Crippen MR) is 131 cm³/mol. The van der Waals surface area contributed by atoms with Crippen LogP contribution in [0, 0.1) is 5.92 Å². The van der Waals surface area contributed by atoms with E-state index in [1.165, 1.54) is 0 Å². The largest absolute Gasteiger partial charge is 0.497 e. The van der Waals surface area contributed by atoms with E-state index in [1.807, 2.05) is 60.0 Å². The first-order chi connectivity index (χ1) is 16.4. The van der Waals surface area contributed by atoms with Crippen molar-refractivity contribution in [3.05, 3.63) is 59.9 Å². The van der Waals surface area contributed by atoms with E-state index in [1.54, 1.807) is 12.0 Å². The Morgan fingerprint density at radius 3 is 2.53 bits per heavy atom. The predicted octanol–water partition coefficient (Wildman–Crippen LogP) is 4.15. The highest BCUT2D eigenvalue weighted by Crippen LogP contribution is 2.33. The average molecular weight is 461 g/mol. The molecule has 1 atom stereocenters. The van der Waals surface area contributed by atoms with Gasteiger partial charge in [0.15, 0.2) is 5.82 Å². The number of para-hydroxylation sites is 2. The second-order valence-corrected chi connectivity index (χ2v) is 9.95. The fraction of sp³-hybridized carbons (Fsp3) is 0.444. The zero-order valence-electron chi connectivity index (χ0n) is 20.1. The quantitative estimate of drug-likeness (QED) is 0.621.